The fourth-order valence-corrected chi connectivity index (χ4v) is 2.24. The van der Waals surface area contributed by atoms with Crippen LogP contribution in [0.15, 0.2) is 39.5 Å². The second-order valence-corrected chi connectivity index (χ2v) is 5.06. The summed E-state index contributed by atoms with van der Waals surface area (Å²) in [6.45, 7) is 4.78. The summed E-state index contributed by atoms with van der Waals surface area (Å²) in [6, 6.07) is 9.65. The van der Waals surface area contributed by atoms with Gasteiger partial charge in [0.15, 0.2) is 0 Å². The number of aromatic amines is 1. The predicted molar refractivity (Wildman–Crippen MR) is 81.1 cm³/mol. The molecule has 0 aliphatic heterocycles. The van der Waals surface area contributed by atoms with E-state index in [1.807, 2.05) is 44.2 Å². The van der Waals surface area contributed by atoms with Crippen LogP contribution in [-0.2, 0) is 13.1 Å². The molecule has 5 nitrogen and oxygen atoms in total. The highest BCUT2D eigenvalue weighted by Gasteiger charge is 2.06. The van der Waals surface area contributed by atoms with Gasteiger partial charge in [0, 0.05) is 17.6 Å². The Kier molecular flexibility index (Phi) is 3.58. The smallest absolute Gasteiger partial charge is 0.252 e. The molecule has 0 saturated heterocycles. The second-order valence-electron chi connectivity index (χ2n) is 5.06. The van der Waals surface area contributed by atoms with Gasteiger partial charge in [-0.2, -0.15) is 0 Å². The van der Waals surface area contributed by atoms with Crippen molar-refractivity contribution in [3.63, 3.8) is 0 Å². The van der Waals surface area contributed by atoms with Gasteiger partial charge in [0.25, 0.3) is 5.56 Å². The van der Waals surface area contributed by atoms with E-state index in [0.717, 1.165) is 22.4 Å². The minimum Gasteiger partial charge on any atom is -0.444 e. The Hall–Kier alpha value is -2.40. The maximum Gasteiger partial charge on any atom is 0.252 e. The number of nitrogens with one attached hydrogen (secondary N) is 2. The zero-order valence-electron chi connectivity index (χ0n) is 12.1. The molecule has 5 heteroatoms. The highest BCUT2D eigenvalue weighted by atomic mass is 16.4. The molecule has 0 bridgehead atoms. The first-order chi connectivity index (χ1) is 10.1. The van der Waals surface area contributed by atoms with Crippen molar-refractivity contribution in [1.82, 2.24) is 15.3 Å². The third kappa shape index (κ3) is 2.87. The molecule has 2 aromatic heterocycles. The van der Waals surface area contributed by atoms with Gasteiger partial charge in [-0.15, -0.1) is 0 Å². The van der Waals surface area contributed by atoms with E-state index >= 15 is 0 Å². The van der Waals surface area contributed by atoms with E-state index in [2.05, 4.69) is 15.3 Å². The number of hydrogen-bond donors (Lipinski definition) is 2. The summed E-state index contributed by atoms with van der Waals surface area (Å²) < 4.78 is 5.49. The lowest BCUT2D eigenvalue weighted by Gasteiger charge is -2.04. The Balaban J connectivity index is 1.73. The van der Waals surface area contributed by atoms with Gasteiger partial charge in [-0.25, -0.2) is 4.98 Å². The van der Waals surface area contributed by atoms with Gasteiger partial charge in [0.1, 0.15) is 5.76 Å². The van der Waals surface area contributed by atoms with Crippen molar-refractivity contribution in [2.75, 3.05) is 0 Å². The molecular weight excluding hydrogens is 266 g/mol. The highest BCUT2D eigenvalue weighted by Crippen LogP contribution is 2.10. The Morgan fingerprint density at radius 1 is 1.24 bits per heavy atom. The number of nitrogens with zero attached hydrogens (tertiary/aromatic N) is 1. The van der Waals surface area contributed by atoms with E-state index in [1.165, 1.54) is 0 Å². The quantitative estimate of drug-likeness (QED) is 0.771. The molecule has 21 heavy (non-hydrogen) atoms. The molecule has 0 fully saturated rings. The number of pyridine rings is 1. The molecule has 2 heterocycles. The fourth-order valence-electron chi connectivity index (χ4n) is 2.24. The lowest BCUT2D eigenvalue weighted by atomic mass is 10.1. The van der Waals surface area contributed by atoms with Crippen LogP contribution in [0.4, 0.5) is 0 Å². The van der Waals surface area contributed by atoms with Crippen LogP contribution >= 0.6 is 0 Å². The topological polar surface area (TPSA) is 70.9 Å². The molecule has 108 valence electrons. The summed E-state index contributed by atoms with van der Waals surface area (Å²) in [5.74, 6) is 1.47. The van der Waals surface area contributed by atoms with Gasteiger partial charge in [0.05, 0.1) is 12.2 Å². The van der Waals surface area contributed by atoms with Crippen LogP contribution in [0, 0.1) is 13.8 Å². The first-order valence-electron chi connectivity index (χ1n) is 6.88. The Morgan fingerprint density at radius 2 is 2.05 bits per heavy atom. The van der Waals surface area contributed by atoms with Gasteiger partial charge in [0.2, 0.25) is 5.89 Å². The van der Waals surface area contributed by atoms with Gasteiger partial charge in [-0.3, -0.25) is 4.79 Å². The summed E-state index contributed by atoms with van der Waals surface area (Å²) >= 11 is 0. The lowest BCUT2D eigenvalue weighted by Crippen LogP contribution is -2.20. The number of oxazole rings is 1. The fraction of sp³-hybridized carbons (Fsp3) is 0.250. The number of aromatic nitrogens is 2. The lowest BCUT2D eigenvalue weighted by molar-refractivity contribution is 0.448. The van der Waals surface area contributed by atoms with Crippen LogP contribution in [-0.4, -0.2) is 9.97 Å². The minimum atomic E-state index is -0.0686. The minimum absolute atomic E-state index is 0.0686. The van der Waals surface area contributed by atoms with Gasteiger partial charge in [-0.05, 0) is 31.4 Å². The number of benzene rings is 1. The number of para-hydroxylation sites is 1. The Morgan fingerprint density at radius 3 is 2.81 bits per heavy atom. The average Bonchev–Trinajstić information content (AvgIpc) is 2.78. The molecule has 0 aliphatic rings. The van der Waals surface area contributed by atoms with Gasteiger partial charge >= 0.3 is 0 Å². The molecule has 3 rings (SSSR count). The van der Waals surface area contributed by atoms with Crippen LogP contribution in [0.5, 0.6) is 0 Å². The van der Waals surface area contributed by atoms with E-state index in [4.69, 9.17) is 4.42 Å². The molecule has 1 aromatic carbocycles. The zero-order chi connectivity index (χ0) is 14.8. The van der Waals surface area contributed by atoms with E-state index in [-0.39, 0.29) is 5.56 Å². The first kappa shape index (κ1) is 13.6. The molecule has 0 radical (unpaired) electrons. The largest absolute Gasteiger partial charge is 0.444 e. The first-order valence-corrected chi connectivity index (χ1v) is 6.88. The maximum atomic E-state index is 12.0. The van der Waals surface area contributed by atoms with Crippen molar-refractivity contribution in [2.45, 2.75) is 26.9 Å². The van der Waals surface area contributed by atoms with Crippen LogP contribution < -0.4 is 10.9 Å². The van der Waals surface area contributed by atoms with E-state index in [9.17, 15) is 4.79 Å². The Bertz CT molecular complexity index is 813. The van der Waals surface area contributed by atoms with Crippen molar-refractivity contribution in [2.24, 2.45) is 0 Å². The van der Waals surface area contributed by atoms with Crippen molar-refractivity contribution in [1.29, 1.82) is 0 Å². The number of fused-ring (bicyclic) bond motifs is 1. The number of hydrogen-bond acceptors (Lipinski definition) is 4. The predicted octanol–water partition coefficient (Wildman–Crippen LogP) is 2.42. The molecule has 0 atom stereocenters. The molecule has 0 saturated carbocycles. The zero-order valence-corrected chi connectivity index (χ0v) is 12.1. The van der Waals surface area contributed by atoms with E-state index in [0.29, 0.717) is 24.5 Å². The van der Waals surface area contributed by atoms with Crippen LogP contribution in [0.1, 0.15) is 22.9 Å². The normalized spacial score (nSPS) is 11.1. The molecule has 0 spiro atoms. The molecule has 0 amide bonds. The van der Waals surface area contributed by atoms with Gasteiger partial charge in [-0.1, -0.05) is 18.2 Å². The average molecular weight is 283 g/mol. The standard InChI is InChI=1S/C16H17N3O2/c1-10-11(2)21-15(18-10)9-17-8-13-7-12-5-3-4-6-14(12)19-16(13)20/h3-7,17H,8-9H2,1-2H3,(H,19,20). The Labute approximate surface area is 122 Å². The molecule has 3 aromatic rings. The summed E-state index contributed by atoms with van der Waals surface area (Å²) in [5, 5.41) is 4.21. The van der Waals surface area contributed by atoms with Crippen molar-refractivity contribution in [3.8, 4) is 0 Å². The SMILES string of the molecule is Cc1nc(CNCc2cc3ccccc3[nH]c2=O)oc1C. The monoisotopic (exact) mass is 283 g/mol. The third-order valence-electron chi connectivity index (χ3n) is 3.49. The molecule has 2 N–H and O–H groups in total. The number of aryl methyl sites for hydroxylation is 2. The summed E-state index contributed by atoms with van der Waals surface area (Å²) in [6.07, 6.45) is 0. The van der Waals surface area contributed by atoms with Crippen molar-refractivity contribution in [3.05, 3.63) is 63.6 Å². The summed E-state index contributed by atoms with van der Waals surface area (Å²) in [7, 11) is 0. The summed E-state index contributed by atoms with van der Waals surface area (Å²) in [4.78, 5) is 19.2. The molecule has 0 aliphatic carbocycles. The van der Waals surface area contributed by atoms with Crippen LogP contribution in [0.25, 0.3) is 10.9 Å². The molecular formula is C16H17N3O2. The molecule has 0 unspecified atom stereocenters. The second kappa shape index (κ2) is 5.54. The third-order valence-corrected chi connectivity index (χ3v) is 3.49. The highest BCUT2D eigenvalue weighted by molar-refractivity contribution is 5.78. The van der Waals surface area contributed by atoms with Crippen molar-refractivity contribution < 1.29 is 4.42 Å². The van der Waals surface area contributed by atoms with Crippen LogP contribution in [0.2, 0.25) is 0 Å². The van der Waals surface area contributed by atoms with Crippen molar-refractivity contribution >= 4 is 10.9 Å². The summed E-state index contributed by atoms with van der Waals surface area (Å²) in [5.41, 5.74) is 2.38. The van der Waals surface area contributed by atoms with E-state index < -0.39 is 0 Å². The van der Waals surface area contributed by atoms with Gasteiger partial charge < -0.3 is 14.7 Å². The number of H-pyrrole nitrogens is 1. The number of rotatable bonds is 4. The van der Waals surface area contributed by atoms with Crippen LogP contribution in [0.3, 0.4) is 0 Å². The van der Waals surface area contributed by atoms with E-state index in [1.54, 1.807) is 0 Å². The maximum absolute atomic E-state index is 12.0.